The normalized spacial score (nSPS) is 18.8. The molecule has 0 spiro atoms. The molecule has 1 fully saturated rings. The fourth-order valence-corrected chi connectivity index (χ4v) is 2.79. The van der Waals surface area contributed by atoms with Crippen molar-refractivity contribution >= 4 is 21.7 Å². The van der Waals surface area contributed by atoms with Crippen molar-refractivity contribution in [1.82, 2.24) is 15.5 Å². The van der Waals surface area contributed by atoms with Crippen LogP contribution in [0.3, 0.4) is 0 Å². The molecular weight excluding hydrogens is 316 g/mol. The maximum atomic E-state index is 4.30. The molecule has 0 radical (unpaired) electrons. The molecule has 0 aliphatic carbocycles. The molecule has 1 aromatic carbocycles. The van der Waals surface area contributed by atoms with Crippen LogP contribution in [0, 0.1) is 0 Å². The van der Waals surface area contributed by atoms with E-state index in [1.54, 1.807) is 0 Å². The highest BCUT2D eigenvalue weighted by Crippen LogP contribution is 2.21. The van der Waals surface area contributed by atoms with Crippen molar-refractivity contribution in [2.24, 2.45) is 0 Å². The van der Waals surface area contributed by atoms with Gasteiger partial charge in [-0.1, -0.05) is 28.1 Å². The van der Waals surface area contributed by atoms with E-state index in [2.05, 4.69) is 36.8 Å². The summed E-state index contributed by atoms with van der Waals surface area (Å²) in [5, 5.41) is 15.4. The summed E-state index contributed by atoms with van der Waals surface area (Å²) in [6.07, 6.45) is 2.39. The smallest absolute Gasteiger partial charge is 0.148 e. The van der Waals surface area contributed by atoms with Crippen molar-refractivity contribution in [1.29, 1.82) is 0 Å². The minimum absolute atomic E-state index is 0.453. The van der Waals surface area contributed by atoms with Gasteiger partial charge < -0.3 is 10.6 Å². The van der Waals surface area contributed by atoms with Gasteiger partial charge in [0.25, 0.3) is 0 Å². The minimum Gasteiger partial charge on any atom is -0.365 e. The predicted molar refractivity (Wildman–Crippen MR) is 84.7 cm³/mol. The Morgan fingerprint density at radius 3 is 2.85 bits per heavy atom. The van der Waals surface area contributed by atoms with Gasteiger partial charge in [-0.3, -0.25) is 0 Å². The number of rotatable bonds is 3. The molecule has 3 rings (SSSR count). The Morgan fingerprint density at radius 2 is 2.15 bits per heavy atom. The van der Waals surface area contributed by atoms with Gasteiger partial charge >= 0.3 is 0 Å². The first kappa shape index (κ1) is 13.5. The molecule has 104 valence electrons. The molecule has 1 aromatic heterocycles. The summed E-state index contributed by atoms with van der Waals surface area (Å²) >= 11 is 3.47. The van der Waals surface area contributed by atoms with Gasteiger partial charge in [0.05, 0.1) is 5.69 Å². The van der Waals surface area contributed by atoms with Crippen molar-refractivity contribution in [3.8, 4) is 11.3 Å². The maximum absolute atomic E-state index is 4.30. The first-order chi connectivity index (χ1) is 9.81. The quantitative estimate of drug-likeness (QED) is 0.906. The molecule has 2 heterocycles. The SMILES string of the molecule is Brc1cccc(-c2ccc(NC3CCCNC3)nn2)c1. The van der Waals surface area contributed by atoms with Crippen LogP contribution in [-0.4, -0.2) is 29.3 Å². The van der Waals surface area contributed by atoms with Gasteiger partial charge in [-0.25, -0.2) is 0 Å². The van der Waals surface area contributed by atoms with Gasteiger partial charge in [0.2, 0.25) is 0 Å². The molecule has 1 aliphatic rings. The van der Waals surface area contributed by atoms with Crippen LogP contribution in [0.4, 0.5) is 5.82 Å². The molecule has 1 unspecified atom stereocenters. The molecule has 2 N–H and O–H groups in total. The van der Waals surface area contributed by atoms with E-state index in [9.17, 15) is 0 Å². The number of nitrogens with zero attached hydrogens (tertiary/aromatic N) is 2. The number of hydrogen-bond donors (Lipinski definition) is 2. The van der Waals surface area contributed by atoms with Gasteiger partial charge in [0, 0.05) is 22.6 Å². The second kappa shape index (κ2) is 6.33. The number of anilines is 1. The van der Waals surface area contributed by atoms with Crippen molar-refractivity contribution < 1.29 is 0 Å². The zero-order valence-electron chi connectivity index (χ0n) is 11.1. The van der Waals surface area contributed by atoms with E-state index in [0.717, 1.165) is 34.6 Å². The van der Waals surface area contributed by atoms with Gasteiger partial charge in [0.15, 0.2) is 0 Å². The van der Waals surface area contributed by atoms with E-state index < -0.39 is 0 Å². The predicted octanol–water partition coefficient (Wildman–Crippen LogP) is 3.07. The van der Waals surface area contributed by atoms with Crippen molar-refractivity contribution in [3.63, 3.8) is 0 Å². The summed E-state index contributed by atoms with van der Waals surface area (Å²) in [6, 6.07) is 12.5. The third kappa shape index (κ3) is 3.35. The largest absolute Gasteiger partial charge is 0.365 e. The summed E-state index contributed by atoms with van der Waals surface area (Å²) in [7, 11) is 0. The molecule has 0 bridgehead atoms. The van der Waals surface area contributed by atoms with Crippen molar-refractivity contribution in [3.05, 3.63) is 40.9 Å². The monoisotopic (exact) mass is 332 g/mol. The van der Waals surface area contributed by atoms with E-state index in [0.29, 0.717) is 6.04 Å². The van der Waals surface area contributed by atoms with Crippen LogP contribution in [-0.2, 0) is 0 Å². The number of piperidine rings is 1. The lowest BCUT2D eigenvalue weighted by Crippen LogP contribution is -2.38. The summed E-state index contributed by atoms with van der Waals surface area (Å²) in [6.45, 7) is 2.11. The average molecular weight is 333 g/mol. The summed E-state index contributed by atoms with van der Waals surface area (Å²) < 4.78 is 1.05. The Hall–Kier alpha value is -1.46. The third-order valence-electron chi connectivity index (χ3n) is 3.43. The van der Waals surface area contributed by atoms with Crippen LogP contribution in [0.15, 0.2) is 40.9 Å². The summed E-state index contributed by atoms with van der Waals surface area (Å²) in [5.41, 5.74) is 1.95. The standard InChI is InChI=1S/C15H17BrN4/c16-12-4-1-3-11(9-12)14-6-7-15(20-19-14)18-13-5-2-8-17-10-13/h1,3-4,6-7,9,13,17H,2,5,8,10H2,(H,18,20). The Bertz CT molecular complexity index is 564. The van der Waals surface area contributed by atoms with E-state index in [1.807, 2.05) is 36.4 Å². The van der Waals surface area contributed by atoms with Crippen molar-refractivity contribution in [2.75, 3.05) is 18.4 Å². The fourth-order valence-electron chi connectivity index (χ4n) is 2.40. The second-order valence-corrected chi connectivity index (χ2v) is 5.92. The van der Waals surface area contributed by atoms with Crippen LogP contribution in [0.5, 0.6) is 0 Å². The molecule has 0 saturated carbocycles. The molecule has 5 heteroatoms. The lowest BCUT2D eigenvalue weighted by atomic mass is 10.1. The van der Waals surface area contributed by atoms with Gasteiger partial charge in [0.1, 0.15) is 5.82 Å². The first-order valence-corrected chi connectivity index (χ1v) is 7.67. The van der Waals surface area contributed by atoms with Crippen LogP contribution in [0.2, 0.25) is 0 Å². The van der Waals surface area contributed by atoms with Crippen molar-refractivity contribution in [2.45, 2.75) is 18.9 Å². The zero-order valence-corrected chi connectivity index (χ0v) is 12.7. The molecular formula is C15H17BrN4. The van der Waals surface area contributed by atoms with E-state index in [-0.39, 0.29) is 0 Å². The van der Waals surface area contributed by atoms with E-state index in [4.69, 9.17) is 0 Å². The number of halogens is 1. The van der Waals surface area contributed by atoms with Crippen LogP contribution >= 0.6 is 15.9 Å². The zero-order chi connectivity index (χ0) is 13.8. The summed E-state index contributed by atoms with van der Waals surface area (Å²) in [5.74, 6) is 0.845. The van der Waals surface area contributed by atoms with Gasteiger partial charge in [-0.05, 0) is 43.7 Å². The molecule has 1 atom stereocenters. The molecule has 0 amide bonds. The highest BCUT2D eigenvalue weighted by atomic mass is 79.9. The molecule has 1 aliphatic heterocycles. The van der Waals surface area contributed by atoms with Gasteiger partial charge in [-0.2, -0.15) is 0 Å². The average Bonchev–Trinajstić information content (AvgIpc) is 2.49. The highest BCUT2D eigenvalue weighted by molar-refractivity contribution is 9.10. The Balaban J connectivity index is 1.71. The van der Waals surface area contributed by atoms with Gasteiger partial charge in [-0.15, -0.1) is 10.2 Å². The molecule has 2 aromatic rings. The fraction of sp³-hybridized carbons (Fsp3) is 0.333. The topological polar surface area (TPSA) is 49.8 Å². The lowest BCUT2D eigenvalue weighted by Gasteiger charge is -2.23. The Kier molecular flexibility index (Phi) is 4.28. The Labute approximate surface area is 127 Å². The lowest BCUT2D eigenvalue weighted by molar-refractivity contribution is 0.478. The number of benzene rings is 1. The molecule has 4 nitrogen and oxygen atoms in total. The van der Waals surface area contributed by atoms with Crippen LogP contribution in [0.1, 0.15) is 12.8 Å². The Morgan fingerprint density at radius 1 is 1.20 bits per heavy atom. The van der Waals surface area contributed by atoms with Crippen LogP contribution in [0.25, 0.3) is 11.3 Å². The van der Waals surface area contributed by atoms with E-state index in [1.165, 1.54) is 12.8 Å². The first-order valence-electron chi connectivity index (χ1n) is 6.88. The minimum atomic E-state index is 0.453. The summed E-state index contributed by atoms with van der Waals surface area (Å²) in [4.78, 5) is 0. The second-order valence-electron chi connectivity index (χ2n) is 5.00. The number of aromatic nitrogens is 2. The van der Waals surface area contributed by atoms with Crippen LogP contribution < -0.4 is 10.6 Å². The third-order valence-corrected chi connectivity index (χ3v) is 3.93. The number of nitrogens with one attached hydrogen (secondary N) is 2. The molecule has 1 saturated heterocycles. The van der Waals surface area contributed by atoms with E-state index >= 15 is 0 Å². The maximum Gasteiger partial charge on any atom is 0.148 e. The molecule has 20 heavy (non-hydrogen) atoms. The highest BCUT2D eigenvalue weighted by Gasteiger charge is 2.13. The number of hydrogen-bond acceptors (Lipinski definition) is 4.